The van der Waals surface area contributed by atoms with Crippen LogP contribution in [0.1, 0.15) is 159 Å². The summed E-state index contributed by atoms with van der Waals surface area (Å²) in [4.78, 5) is 0. The van der Waals surface area contributed by atoms with Crippen LogP contribution in [0.2, 0.25) is 0 Å². The van der Waals surface area contributed by atoms with Crippen molar-refractivity contribution >= 4 is 0 Å². The van der Waals surface area contributed by atoms with Crippen LogP contribution >= 0.6 is 0 Å². The van der Waals surface area contributed by atoms with Crippen molar-refractivity contribution in [2.75, 3.05) is 0 Å². The van der Waals surface area contributed by atoms with Crippen molar-refractivity contribution < 1.29 is 0 Å². The Balaban J connectivity index is -0.000000700. The van der Waals surface area contributed by atoms with Crippen LogP contribution in [0.5, 0.6) is 0 Å². The smallest absolute Gasteiger partial charge is 0.0152 e. The summed E-state index contributed by atoms with van der Waals surface area (Å²) >= 11 is 0. The summed E-state index contributed by atoms with van der Waals surface area (Å²) in [5.74, 6) is 2.59. The van der Waals surface area contributed by atoms with E-state index in [1.165, 1.54) is 85.6 Å². The average molecular weight is 581 g/mol. The first-order valence-electron chi connectivity index (χ1n) is 17.8. The Morgan fingerprint density at radius 3 is 1.64 bits per heavy atom. The molecule has 0 heteroatoms. The highest BCUT2D eigenvalue weighted by Crippen LogP contribution is 2.58. The number of benzene rings is 2. The molecule has 2 aromatic rings. The molecule has 244 valence electrons. The molecular weight excluding hydrogens is 504 g/mol. The van der Waals surface area contributed by atoms with Crippen molar-refractivity contribution in [3.05, 3.63) is 71.8 Å². The fraction of sp³-hybridized carbons (Fsp3) is 0.667. The molecule has 42 heavy (non-hydrogen) atoms. The first-order chi connectivity index (χ1) is 20.1. The molecule has 1 unspecified atom stereocenters. The number of hydrogen-bond acceptors (Lipinski definition) is 0. The van der Waals surface area contributed by atoms with Crippen LogP contribution in [-0.2, 0) is 6.42 Å². The Morgan fingerprint density at radius 2 is 1.29 bits per heavy atom. The zero-order chi connectivity index (χ0) is 33.1. The number of rotatable bonds is 10. The van der Waals surface area contributed by atoms with Crippen molar-refractivity contribution in [1.82, 2.24) is 0 Å². The zero-order valence-electron chi connectivity index (χ0n) is 31.4. The van der Waals surface area contributed by atoms with Crippen LogP contribution in [0.3, 0.4) is 0 Å². The number of hydrogen-bond donors (Lipinski definition) is 0. The third kappa shape index (κ3) is 18.7. The molecule has 3 atom stereocenters. The van der Waals surface area contributed by atoms with Gasteiger partial charge in [-0.2, -0.15) is 0 Å². The van der Waals surface area contributed by atoms with Gasteiger partial charge in [-0.15, -0.1) is 6.58 Å². The highest BCUT2D eigenvalue weighted by Gasteiger charge is 2.48. The van der Waals surface area contributed by atoms with Gasteiger partial charge in [0.2, 0.25) is 0 Å². The number of allylic oxidation sites excluding steroid dienone is 1. The van der Waals surface area contributed by atoms with Crippen LogP contribution in [0.15, 0.2) is 60.7 Å². The average Bonchev–Trinajstić information content (AvgIpc) is 3.78. The SMILES string of the molecule is C=C(C)C.CC.CC.CCC.CCCC(C)CC.CC[C@H]([C@@H](C)Cc1cccc(-c2ccccc2)c1C)C1(CC)CC1. The van der Waals surface area contributed by atoms with Gasteiger partial charge in [-0.3, -0.25) is 0 Å². The highest BCUT2D eigenvalue weighted by molar-refractivity contribution is 5.68. The molecule has 0 saturated heterocycles. The van der Waals surface area contributed by atoms with Gasteiger partial charge in [-0.05, 0) is 85.5 Å². The van der Waals surface area contributed by atoms with Gasteiger partial charge in [0.15, 0.2) is 0 Å². The van der Waals surface area contributed by atoms with Crippen molar-refractivity contribution in [2.24, 2.45) is 23.2 Å². The topological polar surface area (TPSA) is 0 Å². The summed E-state index contributed by atoms with van der Waals surface area (Å²) in [5, 5.41) is 0. The molecule has 1 fully saturated rings. The lowest BCUT2D eigenvalue weighted by Crippen LogP contribution is -2.24. The van der Waals surface area contributed by atoms with E-state index in [2.05, 4.69) is 117 Å². The van der Waals surface area contributed by atoms with E-state index in [0.717, 1.165) is 17.8 Å². The van der Waals surface area contributed by atoms with Crippen LogP contribution < -0.4 is 0 Å². The lowest BCUT2D eigenvalue weighted by Gasteiger charge is -2.31. The molecule has 0 aliphatic heterocycles. The summed E-state index contributed by atoms with van der Waals surface area (Å²) < 4.78 is 0. The lowest BCUT2D eigenvalue weighted by atomic mass is 9.74. The van der Waals surface area contributed by atoms with E-state index in [-0.39, 0.29) is 0 Å². The molecule has 1 saturated carbocycles. The first-order valence-corrected chi connectivity index (χ1v) is 17.8. The lowest BCUT2D eigenvalue weighted by molar-refractivity contribution is 0.202. The van der Waals surface area contributed by atoms with E-state index >= 15 is 0 Å². The Labute approximate surface area is 267 Å². The molecule has 1 aliphatic carbocycles. The molecule has 2 aromatic carbocycles. The normalized spacial score (nSPS) is 14.1. The Bertz CT molecular complexity index is 851. The van der Waals surface area contributed by atoms with Gasteiger partial charge in [-0.25, -0.2) is 0 Å². The van der Waals surface area contributed by atoms with E-state index in [4.69, 9.17) is 0 Å². The quantitative estimate of drug-likeness (QED) is 0.245. The maximum atomic E-state index is 3.56. The predicted octanol–water partition coefficient (Wildman–Crippen LogP) is 14.9. The largest absolute Gasteiger partial charge is 0.100 e. The minimum absolute atomic E-state index is 0.666. The van der Waals surface area contributed by atoms with Gasteiger partial charge >= 0.3 is 0 Å². The highest BCUT2D eigenvalue weighted by atomic mass is 14.5. The minimum Gasteiger partial charge on any atom is -0.100 e. The minimum atomic E-state index is 0.666. The first kappa shape index (κ1) is 44.6. The van der Waals surface area contributed by atoms with Crippen LogP contribution in [0, 0.1) is 30.1 Å². The van der Waals surface area contributed by atoms with Gasteiger partial charge in [0.05, 0.1) is 0 Å². The van der Waals surface area contributed by atoms with Gasteiger partial charge in [0.1, 0.15) is 0 Å². The van der Waals surface area contributed by atoms with Crippen molar-refractivity contribution in [3.63, 3.8) is 0 Å². The molecule has 0 spiro atoms. The van der Waals surface area contributed by atoms with E-state index in [1.807, 2.05) is 41.5 Å². The molecule has 1 aliphatic rings. The maximum Gasteiger partial charge on any atom is -0.0152 e. The molecular formula is C42H76. The molecule has 0 N–H and O–H groups in total. The van der Waals surface area contributed by atoms with Gasteiger partial charge in [0.25, 0.3) is 0 Å². The molecule has 0 aromatic heterocycles. The molecule has 3 rings (SSSR count). The monoisotopic (exact) mass is 581 g/mol. The summed E-state index contributed by atoms with van der Waals surface area (Å²) in [6.07, 6.45) is 12.1. The van der Waals surface area contributed by atoms with Gasteiger partial charge < -0.3 is 0 Å². The van der Waals surface area contributed by atoms with Crippen molar-refractivity contribution in [3.8, 4) is 11.1 Å². The fourth-order valence-corrected chi connectivity index (χ4v) is 5.61. The van der Waals surface area contributed by atoms with E-state index < -0.39 is 0 Å². The maximum absolute atomic E-state index is 3.56. The fourth-order valence-electron chi connectivity index (χ4n) is 5.61. The van der Waals surface area contributed by atoms with Crippen molar-refractivity contribution in [1.29, 1.82) is 0 Å². The molecule has 0 radical (unpaired) electrons. The van der Waals surface area contributed by atoms with E-state index in [9.17, 15) is 0 Å². The zero-order valence-corrected chi connectivity index (χ0v) is 31.4. The van der Waals surface area contributed by atoms with Crippen molar-refractivity contribution in [2.45, 2.75) is 162 Å². The van der Waals surface area contributed by atoms with Crippen LogP contribution in [0.4, 0.5) is 0 Å². The third-order valence-electron chi connectivity index (χ3n) is 8.06. The van der Waals surface area contributed by atoms with E-state index in [1.54, 1.807) is 0 Å². The Kier molecular flexibility index (Phi) is 29.7. The Morgan fingerprint density at radius 1 is 0.786 bits per heavy atom. The summed E-state index contributed by atoms with van der Waals surface area (Å²) in [6.45, 7) is 36.1. The second kappa shape index (κ2) is 28.0. The summed E-state index contributed by atoms with van der Waals surface area (Å²) in [7, 11) is 0. The predicted molar refractivity (Wildman–Crippen MR) is 199 cm³/mol. The van der Waals surface area contributed by atoms with Crippen LogP contribution in [-0.4, -0.2) is 0 Å². The molecule has 0 nitrogen and oxygen atoms in total. The summed E-state index contributed by atoms with van der Waals surface area (Å²) in [6, 6.07) is 17.7. The van der Waals surface area contributed by atoms with Gasteiger partial charge in [-0.1, -0.05) is 176 Å². The molecule has 0 bridgehead atoms. The second-order valence-electron chi connectivity index (χ2n) is 12.1. The third-order valence-corrected chi connectivity index (χ3v) is 8.06. The van der Waals surface area contributed by atoms with Gasteiger partial charge in [0, 0.05) is 0 Å². The Hall–Kier alpha value is -1.82. The summed E-state index contributed by atoms with van der Waals surface area (Å²) in [5.41, 5.74) is 7.56. The second-order valence-corrected chi connectivity index (χ2v) is 12.1. The van der Waals surface area contributed by atoms with Crippen LogP contribution in [0.25, 0.3) is 11.1 Å². The van der Waals surface area contributed by atoms with E-state index in [0.29, 0.717) is 5.41 Å². The standard InChI is InChI=1S/C24H32.C7H16.C4H8.C3H8.2C2H6/c1-5-23(24(6-2)15-16-24)18(3)17-21-13-10-14-22(19(21)4)20-11-8-7-9-12-20;1-4-6-7(3)5-2;1-4(2)3;1-3-2;2*1-2/h7-14,18,23H,5-6,15-17H2,1-4H3;7H,4-6H2,1-3H3;1H2,2-3H3;3H2,1-2H3;2*1-2H3/t18-,23+;;;;;/m0...../s1. The molecule has 0 amide bonds. The molecule has 0 heterocycles.